The summed E-state index contributed by atoms with van der Waals surface area (Å²) in [6, 6.07) is 4.84. The maximum Gasteiger partial charge on any atom is 0.270 e. The number of hydrogen-bond donors (Lipinski definition) is 1. The van der Waals surface area contributed by atoms with Crippen LogP contribution < -0.4 is 5.32 Å². The van der Waals surface area contributed by atoms with Crippen LogP contribution in [-0.4, -0.2) is 45.3 Å². The van der Waals surface area contributed by atoms with Gasteiger partial charge >= 0.3 is 0 Å². The van der Waals surface area contributed by atoms with Crippen LogP contribution in [0.2, 0.25) is 0 Å². The molecule has 4 rings (SSSR count). The number of nitrogens with zero attached hydrogens (tertiary/aromatic N) is 3. The van der Waals surface area contributed by atoms with E-state index in [-0.39, 0.29) is 35.0 Å². The number of likely N-dealkylation sites (tertiary alicyclic amines) is 1. The molecule has 1 aliphatic heterocycles. The zero-order chi connectivity index (χ0) is 20.5. The highest BCUT2D eigenvalue weighted by molar-refractivity contribution is 5.90. The second-order valence-corrected chi connectivity index (χ2v) is 7.74. The van der Waals surface area contributed by atoms with Crippen LogP contribution in [0.4, 0.5) is 5.69 Å². The highest BCUT2D eigenvalue weighted by Crippen LogP contribution is 2.33. The Kier molecular flexibility index (Phi) is 5.08. The fourth-order valence-electron chi connectivity index (χ4n) is 4.39. The predicted molar refractivity (Wildman–Crippen MR) is 109 cm³/mol. The van der Waals surface area contributed by atoms with Gasteiger partial charge in [-0.25, -0.2) is 0 Å². The molecule has 1 aromatic carbocycles. The van der Waals surface area contributed by atoms with Crippen molar-refractivity contribution in [2.75, 3.05) is 13.1 Å². The largest absolute Gasteiger partial charge is 0.348 e. The molecule has 2 aliphatic rings. The molecule has 1 N–H and O–H groups in total. The first kappa shape index (κ1) is 19.2. The quantitative estimate of drug-likeness (QED) is 0.363. The monoisotopic (exact) mass is 396 g/mol. The molecule has 8 nitrogen and oxygen atoms in total. The second-order valence-electron chi connectivity index (χ2n) is 7.74. The summed E-state index contributed by atoms with van der Waals surface area (Å²) in [5.74, 6) is -0.234. The number of carbonyl (C=O) groups is 2. The maximum absolute atomic E-state index is 12.7. The minimum absolute atomic E-state index is 0.0482. The average molecular weight is 396 g/mol. The normalized spacial score (nSPS) is 16.6. The van der Waals surface area contributed by atoms with E-state index in [2.05, 4.69) is 11.9 Å². The van der Waals surface area contributed by atoms with E-state index >= 15 is 0 Å². The van der Waals surface area contributed by atoms with Gasteiger partial charge in [0.05, 0.1) is 11.0 Å². The Labute approximate surface area is 168 Å². The highest BCUT2D eigenvalue weighted by Gasteiger charge is 2.31. The molecule has 1 fully saturated rings. The average Bonchev–Trinajstić information content (AvgIpc) is 2.83. The highest BCUT2D eigenvalue weighted by atomic mass is 16.6. The van der Waals surface area contributed by atoms with Crippen molar-refractivity contribution in [3.05, 3.63) is 52.2 Å². The Morgan fingerprint density at radius 2 is 2.00 bits per heavy atom. The Morgan fingerprint density at radius 1 is 1.24 bits per heavy atom. The number of fused-ring (bicyclic) bond motifs is 3. The minimum atomic E-state index is -0.376. The van der Waals surface area contributed by atoms with Gasteiger partial charge in [-0.1, -0.05) is 13.0 Å². The number of non-ortho nitro benzene ring substituents is 1. The fourth-order valence-corrected chi connectivity index (χ4v) is 4.39. The van der Waals surface area contributed by atoms with Gasteiger partial charge in [0.15, 0.2) is 0 Å². The first-order chi connectivity index (χ1) is 14.0. The summed E-state index contributed by atoms with van der Waals surface area (Å²) in [7, 11) is 0. The lowest BCUT2D eigenvalue weighted by Gasteiger charge is -2.39. The fraction of sp³-hybridized carbons (Fsp3) is 0.429. The Morgan fingerprint density at radius 3 is 2.72 bits per heavy atom. The summed E-state index contributed by atoms with van der Waals surface area (Å²) in [6.45, 7) is 4.63. The number of aromatic nitrogens is 1. The molecule has 1 saturated heterocycles. The van der Waals surface area contributed by atoms with E-state index < -0.39 is 0 Å². The lowest BCUT2D eigenvalue weighted by atomic mass is 10.1. The van der Waals surface area contributed by atoms with Gasteiger partial charge in [0.2, 0.25) is 11.8 Å². The van der Waals surface area contributed by atoms with Gasteiger partial charge in [-0.15, -0.1) is 0 Å². The van der Waals surface area contributed by atoms with Crippen molar-refractivity contribution >= 4 is 28.4 Å². The van der Waals surface area contributed by atoms with Crippen LogP contribution in [0, 0.1) is 10.1 Å². The summed E-state index contributed by atoms with van der Waals surface area (Å²) < 4.78 is 2.01. The number of hydrogen-bond acceptors (Lipinski definition) is 4. The summed E-state index contributed by atoms with van der Waals surface area (Å²) in [5, 5.41) is 15.1. The smallest absolute Gasteiger partial charge is 0.270 e. The lowest BCUT2D eigenvalue weighted by Crippen LogP contribution is -2.61. The van der Waals surface area contributed by atoms with E-state index in [0.29, 0.717) is 13.1 Å². The van der Waals surface area contributed by atoms with Crippen LogP contribution in [0.3, 0.4) is 0 Å². The van der Waals surface area contributed by atoms with Gasteiger partial charge in [-0.05, 0) is 43.4 Å². The topological polar surface area (TPSA) is 97.5 Å². The van der Waals surface area contributed by atoms with Gasteiger partial charge in [0.25, 0.3) is 5.69 Å². The molecule has 0 bridgehead atoms. The summed E-state index contributed by atoms with van der Waals surface area (Å²) in [4.78, 5) is 36.7. The SMILES string of the molecule is C=CC(=O)N1CC(NC(=O)Cn2c3c(c4cc([N+](=O)[O-])ccc42)CCCCC3)C1. The molecule has 2 amide bonds. The Balaban J connectivity index is 1.57. The van der Waals surface area contributed by atoms with Crippen molar-refractivity contribution in [2.45, 2.75) is 44.7 Å². The molecular formula is C21H24N4O4. The molecule has 2 heterocycles. The van der Waals surface area contributed by atoms with E-state index in [9.17, 15) is 19.7 Å². The van der Waals surface area contributed by atoms with E-state index in [1.807, 2.05) is 4.57 Å². The third kappa shape index (κ3) is 3.62. The number of carbonyl (C=O) groups excluding carboxylic acids is 2. The summed E-state index contributed by atoms with van der Waals surface area (Å²) in [6.07, 6.45) is 6.24. The molecule has 0 radical (unpaired) electrons. The molecule has 0 saturated carbocycles. The van der Waals surface area contributed by atoms with E-state index in [4.69, 9.17) is 0 Å². The van der Waals surface area contributed by atoms with Crippen LogP contribution in [0.15, 0.2) is 30.9 Å². The van der Waals surface area contributed by atoms with Gasteiger partial charge in [0, 0.05) is 41.8 Å². The molecule has 8 heteroatoms. The van der Waals surface area contributed by atoms with Crippen LogP contribution in [0.5, 0.6) is 0 Å². The molecule has 0 atom stereocenters. The third-order valence-corrected chi connectivity index (χ3v) is 5.86. The summed E-state index contributed by atoms with van der Waals surface area (Å²) >= 11 is 0. The zero-order valence-corrected chi connectivity index (χ0v) is 16.2. The predicted octanol–water partition coefficient (Wildman–Crippen LogP) is 2.33. The van der Waals surface area contributed by atoms with Gasteiger partial charge in [0.1, 0.15) is 6.54 Å². The first-order valence-electron chi connectivity index (χ1n) is 9.97. The molecular weight excluding hydrogens is 372 g/mol. The van der Waals surface area contributed by atoms with Gasteiger partial charge in [-0.3, -0.25) is 19.7 Å². The number of nitro benzene ring substituents is 1. The van der Waals surface area contributed by atoms with Crippen LogP contribution in [-0.2, 0) is 29.0 Å². The van der Waals surface area contributed by atoms with Crippen LogP contribution in [0.1, 0.15) is 30.5 Å². The molecule has 152 valence electrons. The molecule has 1 aliphatic carbocycles. The van der Waals surface area contributed by atoms with Crippen molar-refractivity contribution in [3.63, 3.8) is 0 Å². The number of rotatable bonds is 5. The van der Waals surface area contributed by atoms with Crippen molar-refractivity contribution in [2.24, 2.45) is 0 Å². The number of amides is 2. The second kappa shape index (κ2) is 7.69. The van der Waals surface area contributed by atoms with Crippen molar-refractivity contribution in [3.8, 4) is 0 Å². The van der Waals surface area contributed by atoms with Crippen LogP contribution >= 0.6 is 0 Å². The van der Waals surface area contributed by atoms with Crippen molar-refractivity contribution in [1.29, 1.82) is 0 Å². The van der Waals surface area contributed by atoms with E-state index in [1.54, 1.807) is 17.0 Å². The molecule has 29 heavy (non-hydrogen) atoms. The van der Waals surface area contributed by atoms with E-state index in [0.717, 1.165) is 54.3 Å². The number of aryl methyl sites for hydroxylation is 1. The molecule has 1 aromatic heterocycles. The maximum atomic E-state index is 12.7. The number of nitrogens with one attached hydrogen (secondary N) is 1. The standard InChI is InChI=1S/C21H24N4O4/c1-2-21(27)23-11-14(12-23)22-20(26)13-24-18-7-5-3-4-6-16(18)17-10-15(25(28)29)8-9-19(17)24/h2,8-10,14H,1,3-7,11-13H2,(H,22,26). The minimum Gasteiger partial charge on any atom is -0.348 e. The van der Waals surface area contributed by atoms with Crippen molar-refractivity contribution < 1.29 is 14.5 Å². The molecule has 2 aromatic rings. The molecule has 0 unspecified atom stereocenters. The zero-order valence-electron chi connectivity index (χ0n) is 16.2. The van der Waals surface area contributed by atoms with E-state index in [1.165, 1.54) is 12.1 Å². The summed E-state index contributed by atoms with van der Waals surface area (Å²) in [5.41, 5.74) is 3.20. The molecule has 0 spiro atoms. The Hall–Kier alpha value is -3.16. The Bertz CT molecular complexity index is 1000. The van der Waals surface area contributed by atoms with Gasteiger partial charge < -0.3 is 14.8 Å². The van der Waals surface area contributed by atoms with Crippen LogP contribution in [0.25, 0.3) is 10.9 Å². The number of benzene rings is 1. The lowest BCUT2D eigenvalue weighted by molar-refractivity contribution is -0.384. The first-order valence-corrected chi connectivity index (χ1v) is 9.97. The third-order valence-electron chi connectivity index (χ3n) is 5.86. The van der Waals surface area contributed by atoms with Gasteiger partial charge in [-0.2, -0.15) is 0 Å². The number of nitro groups is 1. The van der Waals surface area contributed by atoms with Crippen molar-refractivity contribution in [1.82, 2.24) is 14.8 Å².